The van der Waals surface area contributed by atoms with Crippen LogP contribution in [0.5, 0.6) is 0 Å². The molecule has 2 rings (SSSR count). The van der Waals surface area contributed by atoms with E-state index in [1.165, 1.54) is 6.92 Å². The Morgan fingerprint density at radius 3 is 2.64 bits per heavy atom. The molecule has 22 heavy (non-hydrogen) atoms. The Labute approximate surface area is 136 Å². The lowest BCUT2D eigenvalue weighted by molar-refractivity contribution is -0.144. The van der Waals surface area contributed by atoms with Gasteiger partial charge in [0.25, 0.3) is 0 Å². The van der Waals surface area contributed by atoms with Crippen LogP contribution >= 0.6 is 23.4 Å². The fourth-order valence-corrected chi connectivity index (χ4v) is 2.57. The number of thioether (sulfide) groups is 1. The molecule has 0 bridgehead atoms. The molecule has 8 heteroatoms. The molecule has 0 radical (unpaired) electrons. The highest BCUT2D eigenvalue weighted by atomic mass is 35.5. The summed E-state index contributed by atoms with van der Waals surface area (Å²) in [7, 11) is 0. The van der Waals surface area contributed by atoms with E-state index in [4.69, 9.17) is 16.3 Å². The first-order chi connectivity index (χ1) is 10.5. The van der Waals surface area contributed by atoms with E-state index in [1.54, 1.807) is 31.2 Å². The van der Waals surface area contributed by atoms with Crippen molar-refractivity contribution in [1.29, 1.82) is 0 Å². The Balaban J connectivity index is 2.15. The van der Waals surface area contributed by atoms with Crippen molar-refractivity contribution in [3.63, 3.8) is 0 Å². The summed E-state index contributed by atoms with van der Waals surface area (Å²) in [6.45, 7) is 3.24. The monoisotopic (exact) mass is 339 g/mol. The number of halogens is 1. The largest absolute Gasteiger partial charge is 0.465 e. The van der Waals surface area contributed by atoms with Crippen LogP contribution in [-0.2, 0) is 14.3 Å². The highest BCUT2D eigenvalue weighted by Gasteiger charge is 2.27. The van der Waals surface area contributed by atoms with Crippen molar-refractivity contribution in [2.24, 2.45) is 0 Å². The number of benzene rings is 1. The standard InChI is InChI=1S/C14H14ClN3O3S/c1-3-21-13(20)11(8(2)19)22-14-16-12(17-18-14)9-4-6-10(15)7-5-9/h4-7,11H,3H2,1-2H3,(H,16,17,18). The predicted molar refractivity (Wildman–Crippen MR) is 83.8 cm³/mol. The number of rotatable bonds is 6. The van der Waals surface area contributed by atoms with E-state index in [2.05, 4.69) is 15.2 Å². The minimum absolute atomic E-state index is 0.215. The van der Waals surface area contributed by atoms with Crippen LogP contribution in [0.3, 0.4) is 0 Å². The lowest BCUT2D eigenvalue weighted by Gasteiger charge is -2.09. The van der Waals surface area contributed by atoms with E-state index < -0.39 is 11.2 Å². The molecule has 0 spiro atoms. The van der Waals surface area contributed by atoms with Gasteiger partial charge in [-0.15, -0.1) is 5.10 Å². The van der Waals surface area contributed by atoms with Crippen molar-refractivity contribution in [3.05, 3.63) is 29.3 Å². The van der Waals surface area contributed by atoms with Crippen molar-refractivity contribution < 1.29 is 14.3 Å². The highest BCUT2D eigenvalue weighted by molar-refractivity contribution is 8.01. The van der Waals surface area contributed by atoms with E-state index in [1.807, 2.05) is 0 Å². The number of aromatic amines is 1. The van der Waals surface area contributed by atoms with Gasteiger partial charge in [-0.05, 0) is 38.1 Å². The maximum absolute atomic E-state index is 11.8. The first-order valence-electron chi connectivity index (χ1n) is 6.53. The van der Waals surface area contributed by atoms with Crippen LogP contribution < -0.4 is 0 Å². The Hall–Kier alpha value is -1.86. The van der Waals surface area contributed by atoms with Crippen molar-refractivity contribution in [2.75, 3.05) is 6.61 Å². The molecule has 116 valence electrons. The second-order valence-electron chi connectivity index (χ2n) is 4.33. The molecule has 1 N–H and O–H groups in total. The fourth-order valence-electron chi connectivity index (χ4n) is 1.66. The number of nitrogens with one attached hydrogen (secondary N) is 1. The third-order valence-electron chi connectivity index (χ3n) is 2.68. The van der Waals surface area contributed by atoms with Gasteiger partial charge in [-0.25, -0.2) is 4.98 Å². The van der Waals surface area contributed by atoms with E-state index in [0.717, 1.165) is 17.3 Å². The summed E-state index contributed by atoms with van der Waals surface area (Å²) in [5, 5.41) is 6.74. The number of nitrogens with zero attached hydrogens (tertiary/aromatic N) is 2. The molecule has 0 amide bonds. The van der Waals surface area contributed by atoms with E-state index in [0.29, 0.717) is 16.0 Å². The maximum Gasteiger partial charge on any atom is 0.327 e. The lowest BCUT2D eigenvalue weighted by Crippen LogP contribution is -2.27. The van der Waals surface area contributed by atoms with E-state index in [-0.39, 0.29) is 12.4 Å². The molecule has 0 aliphatic carbocycles. The minimum atomic E-state index is -0.964. The number of carbonyl (C=O) groups excluding carboxylic acids is 2. The SMILES string of the molecule is CCOC(=O)C(Sc1n[nH]c(-c2ccc(Cl)cc2)n1)C(C)=O. The number of ether oxygens (including phenoxy) is 1. The average Bonchev–Trinajstić information content (AvgIpc) is 2.94. The number of esters is 1. The molecule has 1 heterocycles. The summed E-state index contributed by atoms with van der Waals surface area (Å²) in [5.41, 5.74) is 0.805. The van der Waals surface area contributed by atoms with E-state index >= 15 is 0 Å². The molecule has 6 nitrogen and oxygen atoms in total. The van der Waals surface area contributed by atoms with Crippen LogP contribution in [0.1, 0.15) is 13.8 Å². The molecule has 1 aromatic heterocycles. The van der Waals surface area contributed by atoms with Gasteiger partial charge in [0, 0.05) is 10.6 Å². The van der Waals surface area contributed by atoms with Crippen molar-refractivity contribution in [1.82, 2.24) is 15.2 Å². The molecule has 0 saturated heterocycles. The molecule has 1 unspecified atom stereocenters. The first kappa shape index (κ1) is 16.5. The van der Waals surface area contributed by atoms with Gasteiger partial charge in [-0.1, -0.05) is 23.4 Å². The number of Topliss-reactive ketones (excluding diaryl/α,β-unsaturated/α-hetero) is 1. The molecule has 0 aliphatic rings. The number of ketones is 1. The van der Waals surface area contributed by atoms with E-state index in [9.17, 15) is 9.59 Å². The number of carbonyl (C=O) groups is 2. The van der Waals surface area contributed by atoms with Gasteiger partial charge < -0.3 is 4.74 Å². The van der Waals surface area contributed by atoms with Gasteiger partial charge in [0.1, 0.15) is 0 Å². The van der Waals surface area contributed by atoms with Crippen LogP contribution in [-0.4, -0.2) is 38.8 Å². The quantitative estimate of drug-likeness (QED) is 0.495. The highest BCUT2D eigenvalue weighted by Crippen LogP contribution is 2.24. The zero-order chi connectivity index (χ0) is 16.1. The predicted octanol–water partition coefficient (Wildman–Crippen LogP) is 2.74. The van der Waals surface area contributed by atoms with Crippen LogP contribution in [0.15, 0.2) is 29.4 Å². The summed E-state index contributed by atoms with van der Waals surface area (Å²) in [6, 6.07) is 7.07. The second-order valence-corrected chi connectivity index (χ2v) is 5.84. The molecular weight excluding hydrogens is 326 g/mol. The van der Waals surface area contributed by atoms with Crippen molar-refractivity contribution >= 4 is 35.1 Å². The average molecular weight is 340 g/mol. The molecule has 2 aromatic rings. The number of hydrogen-bond donors (Lipinski definition) is 1. The van der Waals surface area contributed by atoms with Crippen LogP contribution in [0.2, 0.25) is 5.02 Å². The molecule has 1 atom stereocenters. The summed E-state index contributed by atoms with van der Waals surface area (Å²) in [6.07, 6.45) is 0. The minimum Gasteiger partial charge on any atom is -0.465 e. The van der Waals surface area contributed by atoms with Gasteiger partial charge in [0.05, 0.1) is 6.61 Å². The Morgan fingerprint density at radius 1 is 1.36 bits per heavy atom. The molecular formula is C14H14ClN3O3S. The lowest BCUT2D eigenvalue weighted by atomic mass is 10.2. The summed E-state index contributed by atoms with van der Waals surface area (Å²) >= 11 is 6.79. The fraction of sp³-hybridized carbons (Fsp3) is 0.286. The van der Waals surface area contributed by atoms with Gasteiger partial charge in [-0.3, -0.25) is 14.7 Å². The summed E-state index contributed by atoms with van der Waals surface area (Å²) in [4.78, 5) is 27.6. The number of hydrogen-bond acceptors (Lipinski definition) is 6. The Kier molecular flexibility index (Phi) is 5.57. The summed E-state index contributed by atoms with van der Waals surface area (Å²) in [5.74, 6) is -0.357. The maximum atomic E-state index is 11.8. The van der Waals surface area contributed by atoms with Gasteiger partial charge in [0.2, 0.25) is 5.16 Å². The molecule has 0 fully saturated rings. The van der Waals surface area contributed by atoms with Crippen LogP contribution in [0.25, 0.3) is 11.4 Å². The normalized spacial score (nSPS) is 12.0. The zero-order valence-electron chi connectivity index (χ0n) is 12.0. The topological polar surface area (TPSA) is 84.9 Å². The molecule has 1 aromatic carbocycles. The van der Waals surface area contributed by atoms with Crippen LogP contribution in [0.4, 0.5) is 0 Å². The van der Waals surface area contributed by atoms with Crippen molar-refractivity contribution in [3.8, 4) is 11.4 Å². The van der Waals surface area contributed by atoms with Crippen LogP contribution in [0, 0.1) is 0 Å². The number of aromatic nitrogens is 3. The first-order valence-corrected chi connectivity index (χ1v) is 7.79. The number of H-pyrrole nitrogens is 1. The third-order valence-corrected chi connectivity index (χ3v) is 4.08. The van der Waals surface area contributed by atoms with Gasteiger partial charge >= 0.3 is 5.97 Å². The Bertz CT molecular complexity index is 672. The van der Waals surface area contributed by atoms with Crippen molar-refractivity contribution in [2.45, 2.75) is 24.3 Å². The third kappa shape index (κ3) is 4.08. The molecule has 0 aliphatic heterocycles. The van der Waals surface area contributed by atoms with Gasteiger partial charge in [0.15, 0.2) is 16.9 Å². The molecule has 0 saturated carbocycles. The second kappa shape index (κ2) is 7.42. The Morgan fingerprint density at radius 2 is 2.05 bits per heavy atom. The smallest absolute Gasteiger partial charge is 0.327 e. The summed E-state index contributed by atoms with van der Waals surface area (Å²) < 4.78 is 4.88. The zero-order valence-corrected chi connectivity index (χ0v) is 13.6. The van der Waals surface area contributed by atoms with Gasteiger partial charge in [-0.2, -0.15) is 0 Å².